The minimum atomic E-state index is -0.450. The van der Waals surface area contributed by atoms with Crippen LogP contribution in [-0.2, 0) is 17.9 Å². The Morgan fingerprint density at radius 1 is 0.950 bits per heavy atom. The third kappa shape index (κ3) is 7.96. The molecule has 1 fully saturated rings. The summed E-state index contributed by atoms with van der Waals surface area (Å²) in [6.07, 6.45) is 11.9. The summed E-state index contributed by atoms with van der Waals surface area (Å²) < 4.78 is 1.81. The standard InChI is InChI=1S/C30H33Cl2N7O/c31-24-10-4-8-22(14-24)18-34-29(40)26(16-21-6-2-1-3-7-21)36-27-17-28(39-13-12-33-20-39)38-30(37-27)35-19-23-9-5-11-25(32)15-23/h4-5,8-15,17,20-21,26H,1-3,6-7,16,18-19H2,(H,34,40)(H2,35,36,37,38)/t26-/m1/s1. The predicted molar refractivity (Wildman–Crippen MR) is 160 cm³/mol. The van der Waals surface area contributed by atoms with Crippen LogP contribution in [0.5, 0.6) is 0 Å². The van der Waals surface area contributed by atoms with E-state index in [9.17, 15) is 4.79 Å². The Hall–Kier alpha value is -3.62. The number of halogens is 2. The highest BCUT2D eigenvalue weighted by Crippen LogP contribution is 2.28. The Balaban J connectivity index is 1.36. The monoisotopic (exact) mass is 577 g/mol. The average Bonchev–Trinajstić information content (AvgIpc) is 3.51. The van der Waals surface area contributed by atoms with Crippen molar-refractivity contribution in [2.45, 2.75) is 57.7 Å². The molecule has 1 atom stereocenters. The zero-order chi connectivity index (χ0) is 27.7. The summed E-state index contributed by atoms with van der Waals surface area (Å²) in [5.41, 5.74) is 1.96. The van der Waals surface area contributed by atoms with E-state index in [1.807, 2.05) is 65.4 Å². The molecular formula is C30H33Cl2N7O. The van der Waals surface area contributed by atoms with Crippen molar-refractivity contribution in [3.8, 4) is 5.82 Å². The molecule has 0 bridgehead atoms. The second kappa shape index (κ2) is 13.6. The van der Waals surface area contributed by atoms with Gasteiger partial charge >= 0.3 is 0 Å². The number of imidazole rings is 1. The van der Waals surface area contributed by atoms with E-state index in [1.165, 1.54) is 19.3 Å². The van der Waals surface area contributed by atoms with E-state index in [0.717, 1.165) is 30.4 Å². The lowest BCUT2D eigenvalue weighted by atomic mass is 9.84. The Labute approximate surface area is 244 Å². The fourth-order valence-corrected chi connectivity index (χ4v) is 5.49. The first-order valence-corrected chi connectivity index (χ1v) is 14.4. The molecule has 40 heavy (non-hydrogen) atoms. The van der Waals surface area contributed by atoms with Crippen LogP contribution < -0.4 is 16.0 Å². The van der Waals surface area contributed by atoms with Gasteiger partial charge in [-0.3, -0.25) is 9.36 Å². The highest BCUT2D eigenvalue weighted by atomic mass is 35.5. The summed E-state index contributed by atoms with van der Waals surface area (Å²) in [7, 11) is 0. The van der Waals surface area contributed by atoms with E-state index in [1.54, 1.807) is 12.5 Å². The van der Waals surface area contributed by atoms with Crippen molar-refractivity contribution in [2.24, 2.45) is 5.92 Å². The van der Waals surface area contributed by atoms with Gasteiger partial charge in [-0.05, 0) is 47.7 Å². The van der Waals surface area contributed by atoms with Crippen molar-refractivity contribution >= 4 is 40.9 Å². The average molecular weight is 579 g/mol. The highest BCUT2D eigenvalue weighted by Gasteiger charge is 2.25. The Bertz CT molecular complexity index is 1410. The maximum absolute atomic E-state index is 13.5. The highest BCUT2D eigenvalue weighted by molar-refractivity contribution is 6.30. The number of carbonyl (C=O) groups excluding carboxylic acids is 1. The first-order valence-electron chi connectivity index (χ1n) is 13.7. The maximum atomic E-state index is 13.5. The molecular weight excluding hydrogens is 545 g/mol. The van der Waals surface area contributed by atoms with Crippen molar-refractivity contribution in [1.82, 2.24) is 24.8 Å². The number of aromatic nitrogens is 4. The number of rotatable bonds is 11. The van der Waals surface area contributed by atoms with Crippen LogP contribution >= 0.6 is 23.2 Å². The van der Waals surface area contributed by atoms with Crippen molar-refractivity contribution < 1.29 is 4.79 Å². The molecule has 5 rings (SSSR count). The van der Waals surface area contributed by atoms with Gasteiger partial charge in [0.25, 0.3) is 0 Å². The van der Waals surface area contributed by atoms with E-state index in [-0.39, 0.29) is 5.91 Å². The van der Waals surface area contributed by atoms with Gasteiger partial charge in [0.05, 0.1) is 0 Å². The van der Waals surface area contributed by atoms with E-state index in [0.29, 0.717) is 46.6 Å². The van der Waals surface area contributed by atoms with Gasteiger partial charge in [-0.2, -0.15) is 9.97 Å². The lowest BCUT2D eigenvalue weighted by Gasteiger charge is -2.27. The van der Waals surface area contributed by atoms with E-state index < -0.39 is 6.04 Å². The van der Waals surface area contributed by atoms with Crippen LogP contribution in [0.15, 0.2) is 73.3 Å². The minimum absolute atomic E-state index is 0.0678. The normalized spacial score (nSPS) is 14.4. The summed E-state index contributed by atoms with van der Waals surface area (Å²) in [6.45, 7) is 0.901. The third-order valence-electron chi connectivity index (χ3n) is 7.11. The number of hydrogen-bond acceptors (Lipinski definition) is 6. The summed E-state index contributed by atoms with van der Waals surface area (Å²) in [6, 6.07) is 16.6. The molecule has 2 aromatic heterocycles. The van der Waals surface area contributed by atoms with Gasteiger partial charge in [0, 0.05) is 41.6 Å². The molecule has 2 aromatic carbocycles. The van der Waals surface area contributed by atoms with Crippen molar-refractivity contribution in [1.29, 1.82) is 0 Å². The molecule has 4 aromatic rings. The van der Waals surface area contributed by atoms with Gasteiger partial charge in [0.1, 0.15) is 24.0 Å². The SMILES string of the molecule is O=C(NCc1cccc(Cl)c1)[C@@H](CC1CCCCC1)Nc1cc(-n2ccnc2)nc(NCc2cccc(Cl)c2)n1. The minimum Gasteiger partial charge on any atom is -0.358 e. The van der Waals surface area contributed by atoms with Gasteiger partial charge in [-0.1, -0.05) is 79.6 Å². The second-order valence-corrected chi connectivity index (χ2v) is 11.0. The second-order valence-electron chi connectivity index (χ2n) is 10.2. The smallest absolute Gasteiger partial charge is 0.242 e. The third-order valence-corrected chi connectivity index (χ3v) is 7.58. The lowest BCUT2D eigenvalue weighted by molar-refractivity contribution is -0.122. The molecule has 8 nitrogen and oxygen atoms in total. The number of carbonyl (C=O) groups is 1. The lowest BCUT2D eigenvalue weighted by Crippen LogP contribution is -2.41. The molecule has 208 valence electrons. The molecule has 10 heteroatoms. The molecule has 0 spiro atoms. The van der Waals surface area contributed by atoms with Crippen LogP contribution in [-0.4, -0.2) is 31.5 Å². The molecule has 1 saturated carbocycles. The van der Waals surface area contributed by atoms with Crippen LogP contribution in [0.4, 0.5) is 11.8 Å². The van der Waals surface area contributed by atoms with Gasteiger partial charge < -0.3 is 16.0 Å². The van der Waals surface area contributed by atoms with Crippen LogP contribution in [0.25, 0.3) is 5.82 Å². The summed E-state index contributed by atoms with van der Waals surface area (Å²) >= 11 is 12.3. The number of amides is 1. The molecule has 1 amide bonds. The molecule has 1 aliphatic carbocycles. The number of nitrogens with zero attached hydrogens (tertiary/aromatic N) is 4. The number of nitrogens with one attached hydrogen (secondary N) is 3. The number of hydrogen-bond donors (Lipinski definition) is 3. The Morgan fingerprint density at radius 2 is 1.68 bits per heavy atom. The maximum Gasteiger partial charge on any atom is 0.242 e. The number of anilines is 2. The molecule has 0 aliphatic heterocycles. The largest absolute Gasteiger partial charge is 0.358 e. The summed E-state index contributed by atoms with van der Waals surface area (Å²) in [5.74, 6) is 2.05. The molecule has 2 heterocycles. The molecule has 0 saturated heterocycles. The van der Waals surface area contributed by atoms with Gasteiger partial charge in [-0.25, -0.2) is 4.98 Å². The summed E-state index contributed by atoms with van der Waals surface area (Å²) in [5, 5.41) is 11.2. The van der Waals surface area contributed by atoms with Crippen LogP contribution in [0, 0.1) is 5.92 Å². The summed E-state index contributed by atoms with van der Waals surface area (Å²) in [4.78, 5) is 27.1. The zero-order valence-corrected chi connectivity index (χ0v) is 23.7. The first kappa shape index (κ1) is 27.9. The van der Waals surface area contributed by atoms with Crippen LogP contribution in [0.2, 0.25) is 10.0 Å². The van der Waals surface area contributed by atoms with Crippen molar-refractivity contribution in [3.63, 3.8) is 0 Å². The van der Waals surface area contributed by atoms with Crippen molar-refractivity contribution in [3.05, 3.63) is 94.5 Å². The van der Waals surface area contributed by atoms with Gasteiger partial charge in [-0.15, -0.1) is 0 Å². The van der Waals surface area contributed by atoms with Gasteiger partial charge in [0.15, 0.2) is 0 Å². The fourth-order valence-electron chi connectivity index (χ4n) is 5.07. The molecule has 0 radical (unpaired) electrons. The van der Waals surface area contributed by atoms with E-state index >= 15 is 0 Å². The fraction of sp³-hybridized carbons (Fsp3) is 0.333. The van der Waals surface area contributed by atoms with Crippen LogP contribution in [0.3, 0.4) is 0 Å². The molecule has 3 N–H and O–H groups in total. The number of benzene rings is 2. The molecule has 1 aliphatic rings. The first-order chi connectivity index (χ1) is 19.5. The van der Waals surface area contributed by atoms with Gasteiger partial charge in [0.2, 0.25) is 11.9 Å². The van der Waals surface area contributed by atoms with Crippen LogP contribution in [0.1, 0.15) is 49.7 Å². The van der Waals surface area contributed by atoms with E-state index in [4.69, 9.17) is 28.2 Å². The van der Waals surface area contributed by atoms with E-state index in [2.05, 4.69) is 25.9 Å². The van der Waals surface area contributed by atoms with Crippen molar-refractivity contribution in [2.75, 3.05) is 10.6 Å². The predicted octanol–water partition coefficient (Wildman–Crippen LogP) is 6.65. The Kier molecular flexibility index (Phi) is 9.52. The Morgan fingerprint density at radius 3 is 2.35 bits per heavy atom. The molecule has 0 unspecified atom stereocenters. The topological polar surface area (TPSA) is 96.8 Å². The quantitative estimate of drug-likeness (QED) is 0.185. The zero-order valence-electron chi connectivity index (χ0n) is 22.2.